The van der Waals surface area contributed by atoms with Crippen LogP contribution in [-0.2, 0) is 17.9 Å². The summed E-state index contributed by atoms with van der Waals surface area (Å²) in [6.07, 6.45) is 1.64. The SMILES string of the molecule is COc1ccc(CNC(=O)CCn2nc3ccccn3c2=O)cc1OC(F)F. The van der Waals surface area contributed by atoms with Gasteiger partial charge >= 0.3 is 12.3 Å². The van der Waals surface area contributed by atoms with Crippen molar-refractivity contribution in [1.29, 1.82) is 0 Å². The molecule has 8 nitrogen and oxygen atoms in total. The van der Waals surface area contributed by atoms with E-state index in [-0.39, 0.29) is 42.6 Å². The summed E-state index contributed by atoms with van der Waals surface area (Å²) in [6.45, 7) is -2.75. The minimum Gasteiger partial charge on any atom is -0.493 e. The molecular formula is C18H18F2N4O4. The molecule has 10 heteroatoms. The second-order valence-electron chi connectivity index (χ2n) is 5.83. The number of hydrogen-bond acceptors (Lipinski definition) is 5. The Morgan fingerprint density at radius 3 is 2.79 bits per heavy atom. The minimum atomic E-state index is -2.98. The third-order valence-electron chi connectivity index (χ3n) is 3.97. The number of methoxy groups -OCH3 is 1. The molecule has 0 bridgehead atoms. The van der Waals surface area contributed by atoms with Gasteiger partial charge in [0, 0.05) is 19.2 Å². The Kier molecular flexibility index (Phi) is 5.87. The summed E-state index contributed by atoms with van der Waals surface area (Å²) in [5.74, 6) is -0.252. The summed E-state index contributed by atoms with van der Waals surface area (Å²) in [7, 11) is 1.34. The van der Waals surface area contributed by atoms with E-state index in [9.17, 15) is 18.4 Å². The molecule has 0 radical (unpaired) electrons. The van der Waals surface area contributed by atoms with Crippen LogP contribution < -0.4 is 20.5 Å². The van der Waals surface area contributed by atoms with E-state index in [1.165, 1.54) is 28.3 Å². The Balaban J connectivity index is 1.58. The van der Waals surface area contributed by atoms with Crippen LogP contribution in [0.4, 0.5) is 8.78 Å². The van der Waals surface area contributed by atoms with Crippen molar-refractivity contribution in [2.45, 2.75) is 26.1 Å². The molecule has 2 aromatic heterocycles. The molecule has 0 atom stereocenters. The Morgan fingerprint density at radius 1 is 1.25 bits per heavy atom. The van der Waals surface area contributed by atoms with Gasteiger partial charge in [0.05, 0.1) is 13.7 Å². The molecule has 0 aliphatic carbocycles. The number of benzene rings is 1. The maximum Gasteiger partial charge on any atom is 0.387 e. The third-order valence-corrected chi connectivity index (χ3v) is 3.97. The molecule has 1 aromatic carbocycles. The van der Waals surface area contributed by atoms with Gasteiger partial charge in [0.2, 0.25) is 5.91 Å². The lowest BCUT2D eigenvalue weighted by atomic mass is 10.2. The Hall–Kier alpha value is -3.43. The van der Waals surface area contributed by atoms with Gasteiger partial charge in [-0.3, -0.25) is 9.20 Å². The molecule has 1 amide bonds. The van der Waals surface area contributed by atoms with Crippen molar-refractivity contribution in [3.8, 4) is 11.5 Å². The predicted molar refractivity (Wildman–Crippen MR) is 95.5 cm³/mol. The maximum absolute atomic E-state index is 12.5. The van der Waals surface area contributed by atoms with Crippen LogP contribution in [0.1, 0.15) is 12.0 Å². The first kappa shape index (κ1) is 19.3. The molecule has 0 aliphatic rings. The van der Waals surface area contributed by atoms with Gasteiger partial charge < -0.3 is 14.8 Å². The highest BCUT2D eigenvalue weighted by molar-refractivity contribution is 5.75. The third kappa shape index (κ3) is 4.45. The molecule has 2 heterocycles. The summed E-state index contributed by atoms with van der Waals surface area (Å²) >= 11 is 0. The van der Waals surface area contributed by atoms with Gasteiger partial charge in [0.25, 0.3) is 0 Å². The molecule has 3 aromatic rings. The molecule has 3 rings (SSSR count). The Bertz CT molecular complexity index is 1030. The summed E-state index contributed by atoms with van der Waals surface area (Å²) in [6, 6.07) is 9.66. The van der Waals surface area contributed by atoms with E-state index in [4.69, 9.17) is 4.74 Å². The van der Waals surface area contributed by atoms with E-state index < -0.39 is 6.61 Å². The van der Waals surface area contributed by atoms with E-state index in [1.807, 2.05) is 0 Å². The number of halogens is 2. The fourth-order valence-electron chi connectivity index (χ4n) is 2.63. The first-order chi connectivity index (χ1) is 13.5. The second kappa shape index (κ2) is 8.51. The van der Waals surface area contributed by atoms with Gasteiger partial charge in [0.1, 0.15) is 0 Å². The van der Waals surface area contributed by atoms with Crippen LogP contribution in [0.3, 0.4) is 0 Å². The lowest BCUT2D eigenvalue weighted by Crippen LogP contribution is -2.27. The van der Waals surface area contributed by atoms with Gasteiger partial charge in [-0.1, -0.05) is 12.1 Å². The monoisotopic (exact) mass is 392 g/mol. The van der Waals surface area contributed by atoms with Gasteiger partial charge in [-0.2, -0.15) is 8.78 Å². The van der Waals surface area contributed by atoms with E-state index in [2.05, 4.69) is 15.2 Å². The smallest absolute Gasteiger partial charge is 0.387 e. The summed E-state index contributed by atoms with van der Waals surface area (Å²) < 4.78 is 36.9. The molecule has 0 aliphatic heterocycles. The first-order valence-corrected chi connectivity index (χ1v) is 8.40. The molecule has 0 fully saturated rings. The van der Waals surface area contributed by atoms with Crippen molar-refractivity contribution < 1.29 is 23.0 Å². The number of alkyl halides is 2. The predicted octanol–water partition coefficient (Wildman–Crippen LogP) is 1.81. The first-order valence-electron chi connectivity index (χ1n) is 8.40. The normalized spacial score (nSPS) is 11.0. The second-order valence-corrected chi connectivity index (χ2v) is 5.83. The van der Waals surface area contributed by atoms with Crippen LogP contribution in [0.25, 0.3) is 5.65 Å². The Morgan fingerprint density at radius 2 is 2.07 bits per heavy atom. The molecule has 1 N–H and O–H groups in total. The summed E-state index contributed by atoms with van der Waals surface area (Å²) in [4.78, 5) is 24.2. The summed E-state index contributed by atoms with van der Waals surface area (Å²) in [5, 5.41) is 6.81. The number of carbonyl (C=O) groups is 1. The minimum absolute atomic E-state index is 0.0420. The molecule has 0 unspecified atom stereocenters. The highest BCUT2D eigenvalue weighted by atomic mass is 19.3. The van der Waals surface area contributed by atoms with Gasteiger partial charge in [-0.25, -0.2) is 9.48 Å². The van der Waals surface area contributed by atoms with Crippen molar-refractivity contribution in [1.82, 2.24) is 19.5 Å². The number of ether oxygens (including phenoxy) is 2. The number of nitrogens with zero attached hydrogens (tertiary/aromatic N) is 3. The van der Waals surface area contributed by atoms with Crippen LogP contribution in [0.5, 0.6) is 11.5 Å². The molecule has 0 spiro atoms. The van der Waals surface area contributed by atoms with Crippen molar-refractivity contribution in [3.05, 3.63) is 58.6 Å². The largest absolute Gasteiger partial charge is 0.493 e. The number of amides is 1. The topological polar surface area (TPSA) is 86.9 Å². The zero-order valence-electron chi connectivity index (χ0n) is 15.0. The molecule has 0 saturated heterocycles. The molecule has 0 saturated carbocycles. The average Bonchev–Trinajstić information content (AvgIpc) is 3.00. The fourth-order valence-corrected chi connectivity index (χ4v) is 2.63. The fraction of sp³-hybridized carbons (Fsp3) is 0.278. The highest BCUT2D eigenvalue weighted by Gasteiger charge is 2.12. The average molecular weight is 392 g/mol. The number of aromatic nitrogens is 3. The zero-order valence-corrected chi connectivity index (χ0v) is 15.0. The van der Waals surface area contributed by atoms with Crippen molar-refractivity contribution in [2.75, 3.05) is 7.11 Å². The number of rotatable bonds is 8. The van der Waals surface area contributed by atoms with E-state index >= 15 is 0 Å². The van der Waals surface area contributed by atoms with Crippen LogP contribution in [0.2, 0.25) is 0 Å². The number of fused-ring (bicyclic) bond motifs is 1. The van der Waals surface area contributed by atoms with E-state index in [1.54, 1.807) is 30.5 Å². The maximum atomic E-state index is 12.5. The van der Waals surface area contributed by atoms with Crippen LogP contribution in [-0.4, -0.2) is 33.8 Å². The van der Waals surface area contributed by atoms with Gasteiger partial charge in [0.15, 0.2) is 17.1 Å². The highest BCUT2D eigenvalue weighted by Crippen LogP contribution is 2.29. The number of pyridine rings is 1. The van der Waals surface area contributed by atoms with Crippen molar-refractivity contribution in [3.63, 3.8) is 0 Å². The number of nitrogens with one attached hydrogen (secondary N) is 1. The van der Waals surface area contributed by atoms with Crippen LogP contribution in [0, 0.1) is 0 Å². The lowest BCUT2D eigenvalue weighted by molar-refractivity contribution is -0.121. The number of aryl methyl sites for hydroxylation is 1. The quantitative estimate of drug-likeness (QED) is 0.632. The van der Waals surface area contributed by atoms with E-state index in [0.717, 1.165) is 0 Å². The van der Waals surface area contributed by atoms with Crippen molar-refractivity contribution >= 4 is 11.6 Å². The molecular weight excluding hydrogens is 374 g/mol. The van der Waals surface area contributed by atoms with Crippen LogP contribution >= 0.6 is 0 Å². The van der Waals surface area contributed by atoms with E-state index in [0.29, 0.717) is 11.2 Å². The van der Waals surface area contributed by atoms with Gasteiger partial charge in [-0.15, -0.1) is 5.10 Å². The molecule has 148 valence electrons. The number of hydrogen-bond donors (Lipinski definition) is 1. The zero-order chi connectivity index (χ0) is 20.1. The van der Waals surface area contributed by atoms with Crippen molar-refractivity contribution in [2.24, 2.45) is 0 Å². The summed E-state index contributed by atoms with van der Waals surface area (Å²) in [5.41, 5.74) is 0.736. The number of carbonyl (C=O) groups excluding carboxylic acids is 1. The van der Waals surface area contributed by atoms with Gasteiger partial charge in [-0.05, 0) is 29.8 Å². The Labute approximate surface area is 158 Å². The van der Waals surface area contributed by atoms with Crippen LogP contribution in [0.15, 0.2) is 47.4 Å². The molecule has 28 heavy (non-hydrogen) atoms. The lowest BCUT2D eigenvalue weighted by Gasteiger charge is -2.12. The standard InChI is InChI=1S/C18H18F2N4O4/c1-27-13-6-5-12(10-14(13)28-17(19)20)11-21-16(25)7-9-24-18(26)23-8-3-2-4-15(23)22-24/h2-6,8,10,17H,7,9,11H2,1H3,(H,21,25).